The van der Waals surface area contributed by atoms with E-state index in [2.05, 4.69) is 51.7 Å². The summed E-state index contributed by atoms with van der Waals surface area (Å²) < 4.78 is 36.0. The molecule has 8 heteroatoms. The van der Waals surface area contributed by atoms with Crippen molar-refractivity contribution in [2.24, 2.45) is 15.6 Å². The van der Waals surface area contributed by atoms with Gasteiger partial charge >= 0.3 is 6.17 Å². The lowest BCUT2D eigenvalue weighted by atomic mass is 9.58. The summed E-state index contributed by atoms with van der Waals surface area (Å²) in [6.07, 6.45) is 6.13. The molecular formula is C27H31F2N6+3. The number of benzene rings is 1. The summed E-state index contributed by atoms with van der Waals surface area (Å²) in [7, 11) is 1.86. The first-order valence-electron chi connectivity index (χ1n) is 12.2. The Labute approximate surface area is 204 Å². The van der Waals surface area contributed by atoms with Gasteiger partial charge in [0, 0.05) is 41.9 Å². The molecule has 0 radical (unpaired) electrons. The molecule has 180 valence electrons. The van der Waals surface area contributed by atoms with E-state index in [1.54, 1.807) is 10.8 Å². The molecule has 0 saturated carbocycles. The van der Waals surface area contributed by atoms with Gasteiger partial charge < -0.3 is 0 Å². The molecule has 1 aromatic carbocycles. The molecule has 3 unspecified atom stereocenters. The minimum Gasteiger partial charge on any atom is -0.207 e. The van der Waals surface area contributed by atoms with Gasteiger partial charge in [0.2, 0.25) is 10.9 Å². The molecule has 0 fully saturated rings. The van der Waals surface area contributed by atoms with Crippen LogP contribution in [0.5, 0.6) is 0 Å². The maximum atomic E-state index is 15.3. The van der Waals surface area contributed by atoms with Gasteiger partial charge in [-0.3, -0.25) is 0 Å². The van der Waals surface area contributed by atoms with Crippen LogP contribution >= 0.6 is 0 Å². The Hall–Kier alpha value is -3.42. The molecule has 2 aliphatic heterocycles. The highest BCUT2D eigenvalue weighted by Crippen LogP contribution is 2.52. The van der Waals surface area contributed by atoms with Crippen LogP contribution in [0.4, 0.5) is 8.78 Å². The fraction of sp³-hybridized carbons (Fsp3) is 0.407. The minimum atomic E-state index is -0.534. The van der Waals surface area contributed by atoms with Crippen LogP contribution in [0.3, 0.4) is 0 Å². The second-order valence-electron chi connectivity index (χ2n) is 9.65. The van der Waals surface area contributed by atoms with Crippen molar-refractivity contribution in [3.05, 3.63) is 83.8 Å². The van der Waals surface area contributed by atoms with Crippen molar-refractivity contribution in [2.45, 2.75) is 63.7 Å². The van der Waals surface area contributed by atoms with Crippen LogP contribution in [0.2, 0.25) is 0 Å². The highest BCUT2D eigenvalue weighted by Gasteiger charge is 2.60. The van der Waals surface area contributed by atoms with Gasteiger partial charge in [0.1, 0.15) is 18.7 Å². The number of rotatable bonds is 6. The van der Waals surface area contributed by atoms with Crippen LogP contribution in [0.15, 0.2) is 76.5 Å². The average Bonchev–Trinajstić information content (AvgIpc) is 3.29. The van der Waals surface area contributed by atoms with Crippen molar-refractivity contribution < 1.29 is 22.6 Å². The van der Waals surface area contributed by atoms with E-state index in [9.17, 15) is 4.39 Å². The molecule has 0 amide bonds. The van der Waals surface area contributed by atoms with E-state index in [0.29, 0.717) is 12.1 Å². The van der Waals surface area contributed by atoms with E-state index in [1.165, 1.54) is 0 Å². The van der Waals surface area contributed by atoms with Gasteiger partial charge in [0.15, 0.2) is 29.7 Å². The number of hydrogen-bond acceptors (Lipinski definition) is 3. The zero-order chi connectivity index (χ0) is 24.8. The van der Waals surface area contributed by atoms with E-state index < -0.39 is 22.6 Å². The molecule has 4 heterocycles. The zero-order valence-corrected chi connectivity index (χ0v) is 20.6. The monoisotopic (exact) mass is 477 g/mol. The van der Waals surface area contributed by atoms with Crippen molar-refractivity contribution in [1.82, 2.24) is 0 Å². The summed E-state index contributed by atoms with van der Waals surface area (Å²) in [5, 5.41) is 12.1. The molecule has 6 nitrogen and oxygen atoms in total. The topological polar surface area (TPSA) is 47.8 Å². The predicted octanol–water partition coefficient (Wildman–Crippen LogP) is 5.56. The fourth-order valence-corrected chi connectivity index (χ4v) is 6.20. The molecule has 2 aliphatic rings. The number of aromatic nitrogens is 2. The lowest BCUT2D eigenvalue weighted by Crippen LogP contribution is -2.70. The Morgan fingerprint density at radius 2 is 1.77 bits per heavy atom. The van der Waals surface area contributed by atoms with Crippen molar-refractivity contribution in [1.29, 1.82) is 0 Å². The lowest BCUT2D eigenvalue weighted by molar-refractivity contribution is -0.787. The first-order chi connectivity index (χ1) is 16.9. The number of aryl methyl sites for hydroxylation is 1. The number of pyridine rings is 2. The lowest BCUT2D eigenvalue weighted by Gasteiger charge is -2.47. The summed E-state index contributed by atoms with van der Waals surface area (Å²) >= 11 is 0. The van der Waals surface area contributed by atoms with Gasteiger partial charge in [-0.15, -0.1) is 4.70 Å². The molecule has 0 N–H and O–H groups in total. The molecule has 35 heavy (non-hydrogen) atoms. The van der Waals surface area contributed by atoms with Crippen LogP contribution in [-0.2, 0) is 17.5 Å². The molecule has 0 spiro atoms. The third-order valence-electron chi connectivity index (χ3n) is 8.25. The van der Waals surface area contributed by atoms with Crippen molar-refractivity contribution >= 4 is 0 Å². The Kier molecular flexibility index (Phi) is 5.77. The zero-order valence-electron chi connectivity index (χ0n) is 20.6. The standard InChI is InChI=1S/C27H31F2N6/c1-5-26(3)20-17-19(28)18-21(29)24(20)22-11-8-10-15-35(22)27(26,6-2)13-16-34-14-9-7-12-23(34)25-30-31-32-33(25)4/h7-12,14-15,17-18,25H,5-6,13,16H2,1-4H3/q+3. The first kappa shape index (κ1) is 23.3. The Morgan fingerprint density at radius 1 is 1.00 bits per heavy atom. The molecule has 3 aromatic rings. The average molecular weight is 478 g/mol. The maximum absolute atomic E-state index is 15.3. The van der Waals surface area contributed by atoms with Gasteiger partial charge in [-0.25, -0.2) is 8.78 Å². The third-order valence-corrected chi connectivity index (χ3v) is 8.25. The van der Waals surface area contributed by atoms with Gasteiger partial charge in [-0.05, 0) is 37.1 Å². The smallest absolute Gasteiger partial charge is 0.207 e. The Bertz CT molecular complexity index is 1350. The SMILES string of the molecule is CCC1(C)c2cc(F)cc(F)c2-c2cccc[n+]2C1(CC)CC[n+]1ccccc1C1N=NN=[N+]1C. The number of nitrogens with zero attached hydrogens (tertiary/aromatic N) is 6. The van der Waals surface area contributed by atoms with Crippen LogP contribution < -0.4 is 9.13 Å². The second-order valence-corrected chi connectivity index (χ2v) is 9.65. The van der Waals surface area contributed by atoms with Gasteiger partial charge in [-0.1, -0.05) is 13.8 Å². The number of fused-ring (bicyclic) bond motifs is 3. The van der Waals surface area contributed by atoms with Crippen LogP contribution in [0, 0.1) is 11.6 Å². The van der Waals surface area contributed by atoms with Crippen molar-refractivity contribution in [3.63, 3.8) is 0 Å². The summed E-state index contributed by atoms with van der Waals surface area (Å²) in [5.74, 6) is -1.05. The van der Waals surface area contributed by atoms with Gasteiger partial charge in [-0.2, -0.15) is 9.13 Å². The van der Waals surface area contributed by atoms with E-state index in [1.807, 2.05) is 49.6 Å². The Morgan fingerprint density at radius 3 is 2.49 bits per heavy atom. The molecule has 0 aliphatic carbocycles. The third kappa shape index (κ3) is 3.41. The van der Waals surface area contributed by atoms with Gasteiger partial charge in [0.25, 0.3) is 5.69 Å². The van der Waals surface area contributed by atoms with Crippen molar-refractivity contribution in [3.8, 4) is 11.3 Å². The van der Waals surface area contributed by atoms with E-state index in [4.69, 9.17) is 0 Å². The summed E-state index contributed by atoms with van der Waals surface area (Å²) in [5.41, 5.74) is 2.13. The molecular weight excluding hydrogens is 446 g/mol. The predicted molar refractivity (Wildman–Crippen MR) is 125 cm³/mol. The highest BCUT2D eigenvalue weighted by atomic mass is 19.1. The summed E-state index contributed by atoms with van der Waals surface area (Å²) in [4.78, 5) is 0. The number of halogens is 2. The normalized spacial score (nSPS) is 24.7. The maximum Gasteiger partial charge on any atom is 0.334 e. The van der Waals surface area contributed by atoms with E-state index in [0.717, 1.165) is 42.3 Å². The first-order valence-corrected chi connectivity index (χ1v) is 12.2. The summed E-state index contributed by atoms with van der Waals surface area (Å²) in [6.45, 7) is 7.15. The molecule has 2 aromatic heterocycles. The summed E-state index contributed by atoms with van der Waals surface area (Å²) in [6, 6.07) is 14.4. The van der Waals surface area contributed by atoms with Crippen LogP contribution in [0.25, 0.3) is 11.3 Å². The molecule has 3 atom stereocenters. The number of hydrogen-bond donors (Lipinski definition) is 0. The van der Waals surface area contributed by atoms with E-state index >= 15 is 4.39 Å². The van der Waals surface area contributed by atoms with Crippen LogP contribution in [-0.4, -0.2) is 11.7 Å². The molecule has 5 rings (SSSR count). The van der Waals surface area contributed by atoms with Crippen LogP contribution in [0.1, 0.15) is 57.5 Å². The van der Waals surface area contributed by atoms with Gasteiger partial charge in [0.05, 0.1) is 17.4 Å². The second kappa shape index (κ2) is 8.66. The largest absolute Gasteiger partial charge is 0.334 e. The Balaban J connectivity index is 1.66. The molecule has 0 bridgehead atoms. The minimum absolute atomic E-state index is 0.276. The highest BCUT2D eigenvalue weighted by molar-refractivity contribution is 5.66. The van der Waals surface area contributed by atoms with Crippen molar-refractivity contribution in [2.75, 3.05) is 7.05 Å². The van der Waals surface area contributed by atoms with E-state index in [-0.39, 0.29) is 6.17 Å². The fourth-order valence-electron chi connectivity index (χ4n) is 6.20. The quantitative estimate of drug-likeness (QED) is 0.418. The molecule has 0 saturated heterocycles.